The van der Waals surface area contributed by atoms with Gasteiger partial charge in [0.1, 0.15) is 0 Å². The SMILES string of the molecule is O=C(O)N1CCC2(CC1)C[C@H](c1cccc(-c3ccc(C(F)(F)F)cn3)c1)C(c1ccc([N+](=O)[O-])cc1)O2. The molecule has 0 aliphatic carbocycles. The van der Waals surface area contributed by atoms with Gasteiger partial charge >= 0.3 is 12.3 Å². The van der Waals surface area contributed by atoms with Crippen LogP contribution in [0.25, 0.3) is 11.3 Å². The lowest BCUT2D eigenvalue weighted by Gasteiger charge is -2.38. The molecule has 2 saturated heterocycles. The normalized spacial score (nSPS) is 21.0. The van der Waals surface area contributed by atoms with E-state index in [-0.39, 0.29) is 11.6 Å². The lowest BCUT2D eigenvalue weighted by atomic mass is 9.80. The average Bonchev–Trinajstić information content (AvgIpc) is 3.27. The molecule has 1 amide bonds. The van der Waals surface area contributed by atoms with Gasteiger partial charge in [0.25, 0.3) is 5.69 Å². The molecule has 3 aromatic rings. The summed E-state index contributed by atoms with van der Waals surface area (Å²) < 4.78 is 45.6. The third-order valence-corrected chi connectivity index (χ3v) is 7.41. The summed E-state index contributed by atoms with van der Waals surface area (Å²) in [5.41, 5.74) is 1.28. The maximum atomic E-state index is 13.0. The predicted octanol–water partition coefficient (Wildman–Crippen LogP) is 6.43. The van der Waals surface area contributed by atoms with Crippen molar-refractivity contribution < 1.29 is 32.7 Å². The number of hydrogen-bond donors (Lipinski definition) is 1. The Morgan fingerprint density at radius 3 is 2.37 bits per heavy atom. The van der Waals surface area contributed by atoms with Crippen molar-refractivity contribution >= 4 is 11.8 Å². The highest BCUT2D eigenvalue weighted by Gasteiger charge is 2.49. The molecule has 3 heterocycles. The molecular weight excluding hydrogens is 503 g/mol. The highest BCUT2D eigenvalue weighted by molar-refractivity contribution is 5.65. The van der Waals surface area contributed by atoms with E-state index in [0.717, 1.165) is 23.4 Å². The van der Waals surface area contributed by atoms with Crippen molar-refractivity contribution in [2.24, 2.45) is 0 Å². The van der Waals surface area contributed by atoms with Crippen LogP contribution in [0.5, 0.6) is 0 Å². The minimum absolute atomic E-state index is 0.0387. The van der Waals surface area contributed by atoms with Gasteiger partial charge < -0.3 is 14.7 Å². The quantitative estimate of drug-likeness (QED) is 0.310. The molecule has 0 radical (unpaired) electrons. The molecule has 0 bridgehead atoms. The van der Waals surface area contributed by atoms with Crippen molar-refractivity contribution in [2.45, 2.75) is 43.1 Å². The van der Waals surface area contributed by atoms with Crippen molar-refractivity contribution in [3.05, 3.63) is 93.7 Å². The van der Waals surface area contributed by atoms with Gasteiger partial charge in [-0.05, 0) is 60.7 Å². The van der Waals surface area contributed by atoms with Crippen molar-refractivity contribution in [1.82, 2.24) is 9.88 Å². The van der Waals surface area contributed by atoms with E-state index in [1.807, 2.05) is 18.2 Å². The Hall–Kier alpha value is -3.99. The number of benzene rings is 2. The van der Waals surface area contributed by atoms with Crippen molar-refractivity contribution in [2.75, 3.05) is 13.1 Å². The molecule has 0 saturated carbocycles. The fourth-order valence-electron chi connectivity index (χ4n) is 5.37. The fourth-order valence-corrected chi connectivity index (χ4v) is 5.37. The van der Waals surface area contributed by atoms with Gasteiger partial charge in [0.05, 0.1) is 27.9 Å². The zero-order valence-corrected chi connectivity index (χ0v) is 20.1. The number of nitrogens with zero attached hydrogens (tertiary/aromatic N) is 3. The number of rotatable bonds is 4. The van der Waals surface area contributed by atoms with Gasteiger partial charge in [0.15, 0.2) is 0 Å². The van der Waals surface area contributed by atoms with Crippen molar-refractivity contribution in [1.29, 1.82) is 0 Å². The summed E-state index contributed by atoms with van der Waals surface area (Å²) in [5.74, 6) is -0.165. The number of aromatic nitrogens is 1. The number of alkyl halides is 3. The first-order chi connectivity index (χ1) is 18.0. The van der Waals surface area contributed by atoms with Gasteiger partial charge in [-0.15, -0.1) is 0 Å². The van der Waals surface area contributed by atoms with Gasteiger partial charge in [-0.25, -0.2) is 4.79 Å². The van der Waals surface area contributed by atoms with E-state index in [1.54, 1.807) is 18.2 Å². The molecule has 11 heteroatoms. The molecule has 1 spiro atoms. The van der Waals surface area contributed by atoms with Crippen LogP contribution >= 0.6 is 0 Å². The number of pyridine rings is 1. The van der Waals surface area contributed by atoms with Gasteiger partial charge in [0.2, 0.25) is 0 Å². The van der Waals surface area contributed by atoms with E-state index in [0.29, 0.717) is 43.6 Å². The standard InChI is InChI=1S/C27H24F3N3O5/c28-27(29,30)20-6-9-23(31-16-20)19-3-1-2-18(14-19)22-15-26(10-12-32(13-11-26)25(34)35)38-24(22)17-4-7-21(8-5-17)33(36)37/h1-9,14,16,22,24H,10-13,15H2,(H,34,35)/t22-,24?/m1/s1. The summed E-state index contributed by atoms with van der Waals surface area (Å²) in [6, 6.07) is 15.9. The van der Waals surface area contributed by atoms with Crippen LogP contribution in [0.4, 0.5) is 23.7 Å². The molecule has 198 valence electrons. The summed E-state index contributed by atoms with van der Waals surface area (Å²) in [7, 11) is 0. The number of carboxylic acid groups (broad SMARTS) is 1. The van der Waals surface area contributed by atoms with Crippen LogP contribution in [-0.2, 0) is 10.9 Å². The number of hydrogen-bond acceptors (Lipinski definition) is 5. The summed E-state index contributed by atoms with van der Waals surface area (Å²) >= 11 is 0. The monoisotopic (exact) mass is 527 g/mol. The van der Waals surface area contributed by atoms with E-state index >= 15 is 0 Å². The minimum Gasteiger partial charge on any atom is -0.465 e. The molecule has 2 atom stereocenters. The van der Waals surface area contributed by atoms with Gasteiger partial charge in [-0.3, -0.25) is 15.1 Å². The lowest BCUT2D eigenvalue weighted by molar-refractivity contribution is -0.384. The number of carbonyl (C=O) groups is 1. The number of amides is 1. The lowest BCUT2D eigenvalue weighted by Crippen LogP contribution is -2.46. The van der Waals surface area contributed by atoms with Crippen LogP contribution in [-0.4, -0.2) is 44.7 Å². The topological polar surface area (TPSA) is 106 Å². The highest BCUT2D eigenvalue weighted by atomic mass is 19.4. The Morgan fingerprint density at radius 1 is 1.08 bits per heavy atom. The number of non-ortho nitro benzene ring substituents is 1. The van der Waals surface area contributed by atoms with Crippen LogP contribution in [0.3, 0.4) is 0 Å². The summed E-state index contributed by atoms with van der Waals surface area (Å²) in [6.07, 6.45) is -3.45. The number of likely N-dealkylation sites (tertiary alicyclic amines) is 1. The largest absolute Gasteiger partial charge is 0.465 e. The molecule has 1 N–H and O–H groups in total. The van der Waals surface area contributed by atoms with E-state index in [2.05, 4.69) is 4.98 Å². The predicted molar refractivity (Wildman–Crippen MR) is 131 cm³/mol. The second-order valence-electron chi connectivity index (χ2n) is 9.71. The van der Waals surface area contributed by atoms with Crippen LogP contribution in [0.2, 0.25) is 0 Å². The number of nitro benzene ring substituents is 1. The highest BCUT2D eigenvalue weighted by Crippen LogP contribution is 2.53. The molecular formula is C27H24F3N3O5. The Balaban J connectivity index is 1.47. The molecule has 2 aliphatic rings. The molecule has 38 heavy (non-hydrogen) atoms. The smallest absolute Gasteiger partial charge is 0.417 e. The van der Waals surface area contributed by atoms with E-state index < -0.39 is 34.5 Å². The van der Waals surface area contributed by atoms with E-state index in [9.17, 15) is 33.2 Å². The zero-order chi connectivity index (χ0) is 27.1. The Morgan fingerprint density at radius 2 is 1.79 bits per heavy atom. The summed E-state index contributed by atoms with van der Waals surface area (Å²) in [4.78, 5) is 27.5. The summed E-state index contributed by atoms with van der Waals surface area (Å²) in [5, 5.41) is 20.5. The molecule has 8 nitrogen and oxygen atoms in total. The van der Waals surface area contributed by atoms with Crippen molar-refractivity contribution in [3.63, 3.8) is 0 Å². The Kier molecular flexibility index (Phi) is 6.56. The number of ether oxygens (including phenoxy) is 1. The third-order valence-electron chi connectivity index (χ3n) is 7.41. The first-order valence-electron chi connectivity index (χ1n) is 12.1. The van der Waals surface area contributed by atoms with Gasteiger partial charge in [-0.2, -0.15) is 13.2 Å². The molecule has 2 aliphatic heterocycles. The average molecular weight is 527 g/mol. The maximum Gasteiger partial charge on any atom is 0.417 e. The van der Waals surface area contributed by atoms with E-state index in [4.69, 9.17) is 4.74 Å². The Bertz CT molecular complexity index is 1340. The molecule has 1 aromatic heterocycles. The second kappa shape index (κ2) is 9.71. The molecule has 2 aromatic carbocycles. The van der Waals surface area contributed by atoms with Gasteiger partial charge in [-0.1, -0.05) is 18.2 Å². The first kappa shape index (κ1) is 25.7. The Labute approximate surface area is 215 Å². The molecule has 1 unspecified atom stereocenters. The second-order valence-corrected chi connectivity index (χ2v) is 9.71. The number of piperidine rings is 1. The van der Waals surface area contributed by atoms with Crippen LogP contribution in [0.1, 0.15) is 48.0 Å². The van der Waals surface area contributed by atoms with Crippen molar-refractivity contribution in [3.8, 4) is 11.3 Å². The number of nitro groups is 1. The van der Waals surface area contributed by atoms with E-state index in [1.165, 1.54) is 23.1 Å². The van der Waals surface area contributed by atoms with Crippen LogP contribution in [0, 0.1) is 10.1 Å². The zero-order valence-electron chi connectivity index (χ0n) is 20.1. The van der Waals surface area contributed by atoms with Crippen LogP contribution < -0.4 is 0 Å². The third kappa shape index (κ3) is 5.06. The minimum atomic E-state index is -4.48. The molecule has 2 fully saturated rings. The maximum absolute atomic E-state index is 13.0. The fraction of sp³-hybridized carbons (Fsp3) is 0.333. The summed E-state index contributed by atoms with van der Waals surface area (Å²) in [6.45, 7) is 0.676. The van der Waals surface area contributed by atoms with Gasteiger partial charge in [0, 0.05) is 42.9 Å². The molecule has 5 rings (SSSR count). The first-order valence-corrected chi connectivity index (χ1v) is 12.1. The number of halogens is 3. The van der Waals surface area contributed by atoms with Crippen LogP contribution in [0.15, 0.2) is 66.9 Å².